The molecule has 0 spiro atoms. The summed E-state index contributed by atoms with van der Waals surface area (Å²) < 4.78 is 26.2. The summed E-state index contributed by atoms with van der Waals surface area (Å²) in [6.07, 6.45) is 3.39. The van der Waals surface area contributed by atoms with Gasteiger partial charge in [0.2, 0.25) is 10.0 Å². The second kappa shape index (κ2) is 7.24. The number of nitrogens with one attached hydrogen (secondary N) is 1. The lowest BCUT2D eigenvalue weighted by atomic mass is 10.1. The van der Waals surface area contributed by atoms with Crippen LogP contribution in [0, 0.1) is 0 Å². The number of carbonyl (C=O) groups excluding carboxylic acids is 1. The fourth-order valence-corrected chi connectivity index (χ4v) is 4.01. The Labute approximate surface area is 132 Å². The van der Waals surface area contributed by atoms with Crippen LogP contribution in [0.15, 0.2) is 24.3 Å². The van der Waals surface area contributed by atoms with Crippen molar-refractivity contribution in [2.24, 2.45) is 0 Å². The average molecular weight is 324 g/mol. The Morgan fingerprint density at radius 3 is 2.59 bits per heavy atom. The molecule has 1 N–H and O–H groups in total. The van der Waals surface area contributed by atoms with Gasteiger partial charge in [0.15, 0.2) is 0 Å². The first-order valence-corrected chi connectivity index (χ1v) is 9.33. The number of hydrogen-bond acceptors (Lipinski definition) is 3. The minimum Gasteiger partial charge on any atom is -0.337 e. The summed E-state index contributed by atoms with van der Waals surface area (Å²) in [5.74, 6) is -0.0842. The quantitative estimate of drug-likeness (QED) is 0.898. The molecule has 1 aliphatic rings. The van der Waals surface area contributed by atoms with Crippen molar-refractivity contribution in [2.45, 2.75) is 37.9 Å². The van der Waals surface area contributed by atoms with Crippen molar-refractivity contribution in [1.29, 1.82) is 0 Å². The molecule has 0 saturated carbocycles. The number of nitrogens with zero attached hydrogens (tertiary/aromatic N) is 1. The SMILES string of the molecule is CCCc1ccc(C(=O)N2CCC[C@@H](S(=O)(=O)NC)C2)cc1. The maximum Gasteiger partial charge on any atom is 0.253 e. The number of benzene rings is 1. The van der Waals surface area contributed by atoms with Crippen LogP contribution >= 0.6 is 0 Å². The van der Waals surface area contributed by atoms with E-state index in [0.29, 0.717) is 24.9 Å². The summed E-state index contributed by atoms with van der Waals surface area (Å²) in [5.41, 5.74) is 1.84. The molecule has 1 amide bonds. The van der Waals surface area contributed by atoms with E-state index in [4.69, 9.17) is 0 Å². The van der Waals surface area contributed by atoms with E-state index >= 15 is 0 Å². The first-order chi connectivity index (χ1) is 10.5. The Morgan fingerprint density at radius 1 is 1.32 bits per heavy atom. The van der Waals surface area contributed by atoms with Crippen molar-refractivity contribution in [3.63, 3.8) is 0 Å². The first kappa shape index (κ1) is 17.0. The molecule has 2 rings (SSSR count). The molecule has 122 valence electrons. The highest BCUT2D eigenvalue weighted by molar-refractivity contribution is 7.90. The van der Waals surface area contributed by atoms with Crippen LogP contribution < -0.4 is 4.72 Å². The van der Waals surface area contributed by atoms with E-state index in [-0.39, 0.29) is 12.5 Å². The number of hydrogen-bond donors (Lipinski definition) is 1. The molecular weight excluding hydrogens is 300 g/mol. The monoisotopic (exact) mass is 324 g/mol. The van der Waals surface area contributed by atoms with Crippen LogP contribution in [0.4, 0.5) is 0 Å². The van der Waals surface area contributed by atoms with E-state index in [1.54, 1.807) is 4.90 Å². The van der Waals surface area contributed by atoms with Crippen LogP contribution in [0.3, 0.4) is 0 Å². The van der Waals surface area contributed by atoms with Gasteiger partial charge in [-0.05, 0) is 44.0 Å². The smallest absolute Gasteiger partial charge is 0.253 e. The number of piperidine rings is 1. The molecule has 0 radical (unpaired) electrons. The zero-order chi connectivity index (χ0) is 16.2. The van der Waals surface area contributed by atoms with Crippen molar-refractivity contribution in [1.82, 2.24) is 9.62 Å². The minimum atomic E-state index is -3.33. The topological polar surface area (TPSA) is 66.5 Å². The summed E-state index contributed by atoms with van der Waals surface area (Å²) >= 11 is 0. The second-order valence-corrected chi connectivity index (χ2v) is 7.88. The van der Waals surface area contributed by atoms with E-state index in [1.807, 2.05) is 24.3 Å². The largest absolute Gasteiger partial charge is 0.337 e. The molecule has 1 heterocycles. The molecule has 5 nitrogen and oxygen atoms in total. The van der Waals surface area contributed by atoms with Crippen LogP contribution in [0.5, 0.6) is 0 Å². The Balaban J connectivity index is 2.08. The minimum absolute atomic E-state index is 0.0842. The molecule has 1 atom stereocenters. The van der Waals surface area contributed by atoms with Crippen molar-refractivity contribution >= 4 is 15.9 Å². The highest BCUT2D eigenvalue weighted by Crippen LogP contribution is 2.19. The standard InChI is InChI=1S/C16H24N2O3S/c1-3-5-13-7-9-14(10-8-13)16(19)18-11-4-6-15(12-18)22(20,21)17-2/h7-10,15,17H,3-6,11-12H2,1-2H3/t15-/m1/s1. The maximum atomic E-state index is 12.5. The van der Waals surface area contributed by atoms with Gasteiger partial charge in [0, 0.05) is 18.7 Å². The Bertz CT molecular complexity index is 611. The molecule has 0 aliphatic carbocycles. The number of aryl methyl sites for hydroxylation is 1. The molecule has 0 aromatic heterocycles. The molecule has 1 aromatic carbocycles. The van der Waals surface area contributed by atoms with Gasteiger partial charge < -0.3 is 4.90 Å². The number of carbonyl (C=O) groups is 1. The molecule has 1 aromatic rings. The Kier molecular flexibility index (Phi) is 5.58. The van der Waals surface area contributed by atoms with Gasteiger partial charge in [0.25, 0.3) is 5.91 Å². The van der Waals surface area contributed by atoms with Gasteiger partial charge in [-0.1, -0.05) is 25.5 Å². The number of rotatable bonds is 5. The Hall–Kier alpha value is -1.40. The van der Waals surface area contributed by atoms with E-state index in [2.05, 4.69) is 11.6 Å². The summed E-state index contributed by atoms with van der Waals surface area (Å²) in [5, 5.41) is -0.519. The fourth-order valence-electron chi connectivity index (χ4n) is 2.83. The molecule has 0 unspecified atom stereocenters. The predicted octanol–water partition coefficient (Wildman–Crippen LogP) is 1.79. The molecule has 1 fully saturated rings. The van der Waals surface area contributed by atoms with Gasteiger partial charge in [0.1, 0.15) is 0 Å². The average Bonchev–Trinajstić information content (AvgIpc) is 2.55. The lowest BCUT2D eigenvalue weighted by Gasteiger charge is -2.32. The van der Waals surface area contributed by atoms with E-state index in [0.717, 1.165) is 12.8 Å². The molecule has 22 heavy (non-hydrogen) atoms. The maximum absolute atomic E-state index is 12.5. The normalized spacial score (nSPS) is 19.2. The van der Waals surface area contributed by atoms with Crippen molar-refractivity contribution in [2.75, 3.05) is 20.1 Å². The van der Waals surface area contributed by atoms with Gasteiger partial charge in [-0.25, -0.2) is 13.1 Å². The van der Waals surface area contributed by atoms with Gasteiger partial charge >= 0.3 is 0 Å². The van der Waals surface area contributed by atoms with Gasteiger partial charge in [-0.15, -0.1) is 0 Å². The van der Waals surface area contributed by atoms with Crippen molar-refractivity contribution < 1.29 is 13.2 Å². The Morgan fingerprint density at radius 2 is 2.00 bits per heavy atom. The summed E-state index contributed by atoms with van der Waals surface area (Å²) in [7, 11) is -1.91. The van der Waals surface area contributed by atoms with Crippen molar-refractivity contribution in [3.05, 3.63) is 35.4 Å². The fraction of sp³-hybridized carbons (Fsp3) is 0.562. The summed E-state index contributed by atoms with van der Waals surface area (Å²) in [6.45, 7) is 3.00. The third kappa shape index (κ3) is 3.87. The molecule has 6 heteroatoms. The zero-order valence-corrected chi connectivity index (χ0v) is 14.0. The second-order valence-electron chi connectivity index (χ2n) is 5.71. The zero-order valence-electron chi connectivity index (χ0n) is 13.2. The van der Waals surface area contributed by atoms with Crippen LogP contribution in [0.2, 0.25) is 0 Å². The van der Waals surface area contributed by atoms with Crippen molar-refractivity contribution in [3.8, 4) is 0 Å². The predicted molar refractivity (Wildman–Crippen MR) is 87.3 cm³/mol. The highest BCUT2D eigenvalue weighted by Gasteiger charge is 2.32. The molecular formula is C16H24N2O3S. The summed E-state index contributed by atoms with van der Waals surface area (Å²) in [4.78, 5) is 14.2. The molecule has 1 saturated heterocycles. The number of sulfonamides is 1. The number of likely N-dealkylation sites (tertiary alicyclic amines) is 1. The van der Waals surface area contributed by atoms with Crippen LogP contribution in [0.1, 0.15) is 42.1 Å². The highest BCUT2D eigenvalue weighted by atomic mass is 32.2. The third-order valence-corrected chi connectivity index (χ3v) is 5.96. The third-order valence-electron chi connectivity index (χ3n) is 4.13. The van der Waals surface area contributed by atoms with Gasteiger partial charge in [-0.3, -0.25) is 4.79 Å². The van der Waals surface area contributed by atoms with Crippen LogP contribution in [-0.2, 0) is 16.4 Å². The summed E-state index contributed by atoms with van der Waals surface area (Å²) in [6, 6.07) is 7.62. The van der Waals surface area contributed by atoms with E-state index in [9.17, 15) is 13.2 Å². The van der Waals surface area contributed by atoms with E-state index in [1.165, 1.54) is 12.6 Å². The lowest BCUT2D eigenvalue weighted by molar-refractivity contribution is 0.0726. The lowest BCUT2D eigenvalue weighted by Crippen LogP contribution is -2.47. The van der Waals surface area contributed by atoms with Crippen LogP contribution in [-0.4, -0.2) is 44.6 Å². The number of amides is 1. The first-order valence-electron chi connectivity index (χ1n) is 7.78. The van der Waals surface area contributed by atoms with Crippen LogP contribution in [0.25, 0.3) is 0 Å². The van der Waals surface area contributed by atoms with Gasteiger partial charge in [0.05, 0.1) is 5.25 Å². The molecule has 1 aliphatic heterocycles. The van der Waals surface area contributed by atoms with E-state index < -0.39 is 15.3 Å². The molecule has 0 bridgehead atoms. The van der Waals surface area contributed by atoms with Gasteiger partial charge in [-0.2, -0.15) is 0 Å².